The fourth-order valence-corrected chi connectivity index (χ4v) is 1.05. The minimum absolute atomic E-state index is 0.245. The highest BCUT2D eigenvalue weighted by Crippen LogP contribution is 2.04. The van der Waals surface area contributed by atoms with Gasteiger partial charge in [0.1, 0.15) is 0 Å². The van der Waals surface area contributed by atoms with Crippen molar-refractivity contribution in [2.75, 3.05) is 27.2 Å². The molecular formula is C9H19NO2. The van der Waals surface area contributed by atoms with Crippen LogP contribution in [0.3, 0.4) is 0 Å². The lowest BCUT2D eigenvalue weighted by molar-refractivity contribution is -0.137. The van der Waals surface area contributed by atoms with E-state index in [1.165, 1.54) is 46.4 Å². The maximum Gasteiger partial charge on any atom is 0.302 e. The molecule has 1 rings (SSSR count). The Morgan fingerprint density at radius 1 is 1.25 bits per heavy atom. The number of nitrogens with zero attached hydrogens (tertiary/aromatic N) is 1. The smallest absolute Gasteiger partial charge is 0.302 e. The summed E-state index contributed by atoms with van der Waals surface area (Å²) in [6.45, 7) is 4.00. The first-order chi connectivity index (χ1) is 5.66. The van der Waals surface area contributed by atoms with Crippen LogP contribution in [0.5, 0.6) is 0 Å². The number of methoxy groups -OCH3 is 1. The first-order valence-corrected chi connectivity index (χ1v) is 4.40. The predicted octanol–water partition coefficient (Wildman–Crippen LogP) is 1.28. The first kappa shape index (κ1) is 11.4. The molecule has 0 aromatic carbocycles. The number of esters is 1. The maximum absolute atomic E-state index is 9.59. The van der Waals surface area contributed by atoms with Gasteiger partial charge in [0.05, 0.1) is 7.11 Å². The van der Waals surface area contributed by atoms with Gasteiger partial charge in [-0.3, -0.25) is 4.79 Å². The van der Waals surface area contributed by atoms with Crippen LogP contribution in [0.25, 0.3) is 0 Å². The van der Waals surface area contributed by atoms with Crippen LogP contribution in [0.4, 0.5) is 0 Å². The van der Waals surface area contributed by atoms with Crippen LogP contribution < -0.4 is 0 Å². The number of piperidine rings is 1. The van der Waals surface area contributed by atoms with Crippen LogP contribution in [-0.4, -0.2) is 38.1 Å². The molecule has 0 atom stereocenters. The standard InChI is InChI=1S/C6H13N.C3H6O2/c1-7-5-3-2-4-6-7;1-3(4)5-2/h2-6H2,1H3;1-2H3. The summed E-state index contributed by atoms with van der Waals surface area (Å²) in [5, 5.41) is 0. The number of carbonyl (C=O) groups excluding carboxylic acids is 1. The second-order valence-corrected chi connectivity index (χ2v) is 3.06. The molecule has 0 aromatic heterocycles. The maximum atomic E-state index is 9.59. The van der Waals surface area contributed by atoms with Gasteiger partial charge in [0.2, 0.25) is 0 Å². The molecule has 1 heterocycles. The molecule has 72 valence electrons. The number of rotatable bonds is 0. The molecule has 0 N–H and O–H groups in total. The Hall–Kier alpha value is -0.570. The van der Waals surface area contributed by atoms with Crippen molar-refractivity contribution in [1.82, 2.24) is 4.90 Å². The molecular weight excluding hydrogens is 154 g/mol. The van der Waals surface area contributed by atoms with Crippen LogP contribution in [0.1, 0.15) is 26.2 Å². The van der Waals surface area contributed by atoms with E-state index in [-0.39, 0.29) is 5.97 Å². The number of hydrogen-bond donors (Lipinski definition) is 0. The fourth-order valence-electron chi connectivity index (χ4n) is 1.05. The average Bonchev–Trinajstić information content (AvgIpc) is 2.07. The Labute approximate surface area is 74.7 Å². The van der Waals surface area contributed by atoms with E-state index in [1.54, 1.807) is 0 Å². The van der Waals surface area contributed by atoms with E-state index in [2.05, 4.69) is 16.7 Å². The van der Waals surface area contributed by atoms with Crippen molar-refractivity contribution in [2.45, 2.75) is 26.2 Å². The van der Waals surface area contributed by atoms with Gasteiger partial charge in [0.15, 0.2) is 0 Å². The summed E-state index contributed by atoms with van der Waals surface area (Å²) >= 11 is 0. The first-order valence-electron chi connectivity index (χ1n) is 4.40. The zero-order chi connectivity index (χ0) is 9.40. The summed E-state index contributed by atoms with van der Waals surface area (Å²) in [7, 11) is 3.54. The van der Waals surface area contributed by atoms with Crippen molar-refractivity contribution < 1.29 is 9.53 Å². The lowest BCUT2D eigenvalue weighted by Gasteiger charge is -2.20. The molecule has 1 fully saturated rings. The topological polar surface area (TPSA) is 29.5 Å². The monoisotopic (exact) mass is 173 g/mol. The van der Waals surface area contributed by atoms with Crippen molar-refractivity contribution in [2.24, 2.45) is 0 Å². The normalized spacial score (nSPS) is 17.6. The van der Waals surface area contributed by atoms with E-state index in [1.807, 2.05) is 0 Å². The summed E-state index contributed by atoms with van der Waals surface area (Å²) in [5.41, 5.74) is 0. The molecule has 1 saturated heterocycles. The average molecular weight is 173 g/mol. The Bertz CT molecular complexity index is 120. The highest BCUT2D eigenvalue weighted by Gasteiger charge is 2.02. The van der Waals surface area contributed by atoms with Gasteiger partial charge in [-0.25, -0.2) is 0 Å². The minimum atomic E-state index is -0.245. The third kappa shape index (κ3) is 7.54. The van der Waals surface area contributed by atoms with Crippen molar-refractivity contribution >= 4 is 5.97 Å². The van der Waals surface area contributed by atoms with Gasteiger partial charge in [-0.2, -0.15) is 0 Å². The van der Waals surface area contributed by atoms with E-state index in [0.717, 1.165) is 0 Å². The number of hydrogen-bond acceptors (Lipinski definition) is 3. The molecule has 0 radical (unpaired) electrons. The molecule has 0 amide bonds. The molecule has 0 spiro atoms. The van der Waals surface area contributed by atoms with Crippen molar-refractivity contribution in [3.63, 3.8) is 0 Å². The molecule has 3 heteroatoms. The van der Waals surface area contributed by atoms with Gasteiger partial charge in [-0.1, -0.05) is 6.42 Å². The largest absolute Gasteiger partial charge is 0.469 e. The molecule has 1 aliphatic rings. The number of likely N-dealkylation sites (tertiary alicyclic amines) is 1. The van der Waals surface area contributed by atoms with Gasteiger partial charge in [-0.05, 0) is 33.0 Å². The van der Waals surface area contributed by atoms with Crippen LogP contribution in [0.2, 0.25) is 0 Å². The summed E-state index contributed by atoms with van der Waals surface area (Å²) < 4.78 is 4.11. The molecule has 0 unspecified atom stereocenters. The van der Waals surface area contributed by atoms with Crippen molar-refractivity contribution in [3.8, 4) is 0 Å². The highest BCUT2D eigenvalue weighted by molar-refractivity contribution is 5.65. The number of ether oxygens (including phenoxy) is 1. The zero-order valence-corrected chi connectivity index (χ0v) is 8.30. The molecule has 0 aromatic rings. The second-order valence-electron chi connectivity index (χ2n) is 3.06. The van der Waals surface area contributed by atoms with Gasteiger partial charge in [0, 0.05) is 6.92 Å². The summed E-state index contributed by atoms with van der Waals surface area (Å²) in [4.78, 5) is 12.0. The molecule has 0 bridgehead atoms. The third-order valence-corrected chi connectivity index (χ3v) is 1.87. The Morgan fingerprint density at radius 3 is 1.83 bits per heavy atom. The number of carbonyl (C=O) groups is 1. The zero-order valence-electron chi connectivity index (χ0n) is 8.30. The van der Waals surface area contributed by atoms with Gasteiger partial charge in [0.25, 0.3) is 0 Å². The Balaban J connectivity index is 0.000000217. The van der Waals surface area contributed by atoms with Gasteiger partial charge in [-0.15, -0.1) is 0 Å². The van der Waals surface area contributed by atoms with Crippen LogP contribution >= 0.6 is 0 Å². The molecule has 3 nitrogen and oxygen atoms in total. The fraction of sp³-hybridized carbons (Fsp3) is 0.889. The van der Waals surface area contributed by atoms with E-state index >= 15 is 0 Å². The Morgan fingerprint density at radius 2 is 1.67 bits per heavy atom. The van der Waals surface area contributed by atoms with Crippen LogP contribution in [0, 0.1) is 0 Å². The summed E-state index contributed by atoms with van der Waals surface area (Å²) in [6.07, 6.45) is 4.28. The Kier molecular flexibility index (Phi) is 6.76. The SMILES string of the molecule is CN1CCCCC1.COC(C)=O. The molecule has 0 aliphatic carbocycles. The summed E-state index contributed by atoms with van der Waals surface area (Å²) in [5.74, 6) is -0.245. The predicted molar refractivity (Wildman–Crippen MR) is 49.0 cm³/mol. The van der Waals surface area contributed by atoms with E-state index in [0.29, 0.717) is 0 Å². The molecule has 12 heavy (non-hydrogen) atoms. The van der Waals surface area contributed by atoms with Crippen molar-refractivity contribution in [1.29, 1.82) is 0 Å². The summed E-state index contributed by atoms with van der Waals surface area (Å²) in [6, 6.07) is 0. The second kappa shape index (κ2) is 7.10. The molecule has 1 aliphatic heterocycles. The molecule has 0 saturated carbocycles. The van der Waals surface area contributed by atoms with E-state index in [4.69, 9.17) is 0 Å². The van der Waals surface area contributed by atoms with E-state index in [9.17, 15) is 4.79 Å². The quantitative estimate of drug-likeness (QED) is 0.517. The van der Waals surface area contributed by atoms with Crippen LogP contribution in [-0.2, 0) is 9.53 Å². The minimum Gasteiger partial charge on any atom is -0.469 e. The van der Waals surface area contributed by atoms with Gasteiger partial charge < -0.3 is 9.64 Å². The van der Waals surface area contributed by atoms with Crippen LogP contribution in [0.15, 0.2) is 0 Å². The van der Waals surface area contributed by atoms with Crippen molar-refractivity contribution in [3.05, 3.63) is 0 Å². The van der Waals surface area contributed by atoms with E-state index < -0.39 is 0 Å². The highest BCUT2D eigenvalue weighted by atomic mass is 16.5. The third-order valence-electron chi connectivity index (χ3n) is 1.87. The lowest BCUT2D eigenvalue weighted by atomic mass is 10.1. The lowest BCUT2D eigenvalue weighted by Crippen LogP contribution is -2.24. The van der Waals surface area contributed by atoms with Gasteiger partial charge >= 0.3 is 5.97 Å².